The predicted molar refractivity (Wildman–Crippen MR) is 148 cm³/mol. The van der Waals surface area contributed by atoms with E-state index in [9.17, 15) is 28.7 Å². The van der Waals surface area contributed by atoms with Crippen molar-refractivity contribution in [1.82, 2.24) is 14.5 Å². The van der Waals surface area contributed by atoms with Gasteiger partial charge in [-0.1, -0.05) is 11.6 Å². The Morgan fingerprint density at radius 3 is 2.73 bits per heavy atom. The second-order valence-corrected chi connectivity index (χ2v) is 10.4. The molecule has 0 spiro atoms. The minimum absolute atomic E-state index is 0.00132. The van der Waals surface area contributed by atoms with Crippen molar-refractivity contribution in [3.63, 3.8) is 0 Å². The minimum Gasteiger partial charge on any atom is -0.491 e. The average Bonchev–Trinajstić information content (AvgIpc) is 3.34. The van der Waals surface area contributed by atoms with Gasteiger partial charge in [0.25, 0.3) is 5.56 Å². The first-order chi connectivity index (χ1) is 19.0. The van der Waals surface area contributed by atoms with E-state index >= 15 is 0 Å². The Labute approximate surface area is 238 Å². The van der Waals surface area contributed by atoms with Crippen LogP contribution in [0.1, 0.15) is 27.3 Å². The smallest absolute Gasteiger partial charge is 0.348 e. The highest BCUT2D eigenvalue weighted by Gasteiger charge is 2.30. The summed E-state index contributed by atoms with van der Waals surface area (Å²) in [6.07, 6.45) is 1.50. The van der Waals surface area contributed by atoms with E-state index in [1.54, 1.807) is 30.3 Å². The lowest BCUT2D eigenvalue weighted by atomic mass is 10.0. The van der Waals surface area contributed by atoms with Crippen LogP contribution in [0.25, 0.3) is 32.2 Å². The van der Waals surface area contributed by atoms with E-state index < -0.39 is 22.5 Å². The van der Waals surface area contributed by atoms with Crippen LogP contribution in [0.3, 0.4) is 0 Å². The number of hydrogen-bond acceptors (Lipinski definition) is 7. The van der Waals surface area contributed by atoms with E-state index in [0.29, 0.717) is 32.1 Å². The summed E-state index contributed by atoms with van der Waals surface area (Å²) in [4.78, 5) is 33.4. The molecule has 0 atom stereocenters. The van der Waals surface area contributed by atoms with E-state index in [1.165, 1.54) is 34.4 Å². The second kappa shape index (κ2) is 10.5. The highest BCUT2D eigenvalue weighted by Crippen LogP contribution is 2.39. The molecule has 0 aliphatic heterocycles. The van der Waals surface area contributed by atoms with Crippen molar-refractivity contribution in [3.05, 3.63) is 85.9 Å². The summed E-state index contributed by atoms with van der Waals surface area (Å²) in [5.74, 6) is -0.435. The Hall–Kier alpha value is -4.11. The number of rotatable bonds is 7. The monoisotopic (exact) mass is 600 g/mol. The number of alkyl halides is 3. The molecule has 0 fully saturated rings. The SMILES string of the molecule is Cc1nc2cc(C(F)(F)Cl)cc(C#N)c2c(=O)n1CCOc1ccc(Cl)cc1-c1ccnc2c(C(=O)O)csc12. The summed E-state index contributed by atoms with van der Waals surface area (Å²) in [5, 5.41) is 17.1. The number of benzene rings is 2. The van der Waals surface area contributed by atoms with Crippen molar-refractivity contribution >= 4 is 61.6 Å². The van der Waals surface area contributed by atoms with Crippen LogP contribution in [0.2, 0.25) is 5.02 Å². The van der Waals surface area contributed by atoms with Crippen LogP contribution >= 0.6 is 34.5 Å². The van der Waals surface area contributed by atoms with Gasteiger partial charge in [0.2, 0.25) is 0 Å². The summed E-state index contributed by atoms with van der Waals surface area (Å²) in [6.45, 7) is 1.57. The molecule has 0 aliphatic carbocycles. The molecule has 0 radical (unpaired) electrons. The molecule has 0 saturated carbocycles. The number of ether oxygens (including phenoxy) is 1. The van der Waals surface area contributed by atoms with Gasteiger partial charge < -0.3 is 9.84 Å². The summed E-state index contributed by atoms with van der Waals surface area (Å²) in [5.41, 5.74) is 0.154. The molecule has 0 saturated heterocycles. The molecular formula is C27H16Cl2F2N4O4S. The van der Waals surface area contributed by atoms with E-state index in [4.69, 9.17) is 27.9 Å². The molecule has 0 bridgehead atoms. The molecule has 0 amide bonds. The number of aryl methyl sites for hydroxylation is 1. The molecule has 2 aromatic carbocycles. The Bertz CT molecular complexity index is 1930. The van der Waals surface area contributed by atoms with Crippen molar-refractivity contribution in [3.8, 4) is 22.9 Å². The fourth-order valence-electron chi connectivity index (χ4n) is 4.35. The quantitative estimate of drug-likeness (QED) is 0.210. The number of carbonyl (C=O) groups is 1. The molecule has 5 rings (SSSR count). The fourth-order valence-corrected chi connectivity index (χ4v) is 5.66. The molecule has 0 aliphatic rings. The molecule has 3 heterocycles. The van der Waals surface area contributed by atoms with Gasteiger partial charge in [-0.05, 0) is 54.9 Å². The zero-order valence-corrected chi connectivity index (χ0v) is 22.7. The minimum atomic E-state index is -3.73. The van der Waals surface area contributed by atoms with Crippen LogP contribution in [0.4, 0.5) is 8.78 Å². The third-order valence-electron chi connectivity index (χ3n) is 6.19. The normalized spacial score (nSPS) is 11.6. The van der Waals surface area contributed by atoms with E-state index in [2.05, 4.69) is 9.97 Å². The van der Waals surface area contributed by atoms with Gasteiger partial charge in [-0.25, -0.2) is 9.78 Å². The molecule has 13 heteroatoms. The van der Waals surface area contributed by atoms with Gasteiger partial charge >= 0.3 is 11.4 Å². The second-order valence-electron chi connectivity index (χ2n) is 8.62. The van der Waals surface area contributed by atoms with Gasteiger partial charge in [0, 0.05) is 33.3 Å². The number of aromatic carboxylic acids is 1. The molecule has 202 valence electrons. The van der Waals surface area contributed by atoms with Crippen LogP contribution in [-0.4, -0.2) is 32.2 Å². The lowest BCUT2D eigenvalue weighted by Gasteiger charge is -2.16. The zero-order valence-electron chi connectivity index (χ0n) is 20.4. The van der Waals surface area contributed by atoms with E-state index in [0.717, 1.165) is 12.1 Å². The lowest BCUT2D eigenvalue weighted by Crippen LogP contribution is -2.27. The molecule has 0 unspecified atom stereocenters. The number of halogens is 4. The van der Waals surface area contributed by atoms with Crippen LogP contribution in [0.15, 0.2) is 52.8 Å². The van der Waals surface area contributed by atoms with Gasteiger partial charge in [0.05, 0.1) is 38.8 Å². The van der Waals surface area contributed by atoms with Crippen LogP contribution < -0.4 is 10.3 Å². The number of nitriles is 1. The van der Waals surface area contributed by atoms with Crippen molar-refractivity contribution < 1.29 is 23.4 Å². The number of pyridine rings is 1. The fraction of sp³-hybridized carbons (Fsp3) is 0.148. The maximum absolute atomic E-state index is 13.7. The molecule has 8 nitrogen and oxygen atoms in total. The zero-order chi connectivity index (χ0) is 28.8. The summed E-state index contributed by atoms with van der Waals surface area (Å²) < 4.78 is 35.4. The standard InChI is InChI=1S/C27H16Cl2F2N4O4S/c1-13-34-20-9-15(27(29,30)31)8-14(11-32)22(20)25(36)35(13)6-7-39-21-3-2-16(28)10-18(21)17-4-5-33-23-19(26(37)38)12-40-24(17)23/h2-5,8-10,12H,6-7H2,1H3,(H,37,38). The number of nitrogens with zero attached hydrogens (tertiary/aromatic N) is 4. The maximum Gasteiger partial charge on any atom is 0.348 e. The third kappa shape index (κ3) is 4.97. The topological polar surface area (TPSA) is 118 Å². The molecule has 5 aromatic rings. The number of hydrogen-bond donors (Lipinski definition) is 1. The Balaban J connectivity index is 1.49. The number of carboxylic acids is 1. The van der Waals surface area contributed by atoms with Crippen molar-refractivity contribution in [2.75, 3.05) is 6.61 Å². The van der Waals surface area contributed by atoms with Crippen molar-refractivity contribution in [2.24, 2.45) is 0 Å². The van der Waals surface area contributed by atoms with Gasteiger partial charge in [0.15, 0.2) is 0 Å². The van der Waals surface area contributed by atoms with Crippen molar-refractivity contribution in [1.29, 1.82) is 5.26 Å². The van der Waals surface area contributed by atoms with E-state index in [-0.39, 0.29) is 41.0 Å². The summed E-state index contributed by atoms with van der Waals surface area (Å²) in [6, 6.07) is 10.4. The van der Waals surface area contributed by atoms with Gasteiger partial charge in [-0.2, -0.15) is 14.0 Å². The van der Waals surface area contributed by atoms with Crippen LogP contribution in [0.5, 0.6) is 5.75 Å². The molecule has 3 aromatic heterocycles. The Morgan fingerprint density at radius 1 is 1.25 bits per heavy atom. The van der Waals surface area contributed by atoms with Gasteiger partial charge in [-0.15, -0.1) is 11.3 Å². The first-order valence-electron chi connectivity index (χ1n) is 11.5. The molecule has 40 heavy (non-hydrogen) atoms. The highest BCUT2D eigenvalue weighted by molar-refractivity contribution is 7.18. The highest BCUT2D eigenvalue weighted by atomic mass is 35.5. The van der Waals surface area contributed by atoms with Gasteiger partial charge in [0.1, 0.15) is 24.3 Å². The third-order valence-corrected chi connectivity index (χ3v) is 7.64. The molecular weight excluding hydrogens is 585 g/mol. The first-order valence-corrected chi connectivity index (χ1v) is 13.2. The lowest BCUT2D eigenvalue weighted by molar-refractivity contribution is 0.0699. The van der Waals surface area contributed by atoms with Crippen molar-refractivity contribution in [2.45, 2.75) is 18.9 Å². The number of carboxylic acid groups (broad SMARTS) is 1. The summed E-state index contributed by atoms with van der Waals surface area (Å²) in [7, 11) is 0. The first kappa shape index (κ1) is 27.5. The van der Waals surface area contributed by atoms with Gasteiger partial charge in [-0.3, -0.25) is 14.3 Å². The average molecular weight is 601 g/mol. The predicted octanol–water partition coefficient (Wildman–Crippen LogP) is 6.57. The number of fused-ring (bicyclic) bond motifs is 2. The largest absolute Gasteiger partial charge is 0.491 e. The summed E-state index contributed by atoms with van der Waals surface area (Å²) >= 11 is 12.6. The molecule has 1 N–H and O–H groups in total. The van der Waals surface area contributed by atoms with E-state index in [1.807, 2.05) is 0 Å². The van der Waals surface area contributed by atoms with Crippen LogP contribution in [-0.2, 0) is 11.9 Å². The maximum atomic E-state index is 13.7. The van der Waals surface area contributed by atoms with Crippen LogP contribution in [0, 0.1) is 18.3 Å². The number of aromatic nitrogens is 3. The Morgan fingerprint density at radius 2 is 2.02 bits per heavy atom. The Kier molecular flexibility index (Phi) is 7.18. The number of thiophene rings is 1.